The van der Waals surface area contributed by atoms with Crippen LogP contribution in [0.4, 0.5) is 17.3 Å². The third kappa shape index (κ3) is 5.09. The van der Waals surface area contributed by atoms with Gasteiger partial charge in [-0.05, 0) is 13.8 Å². The Morgan fingerprint density at radius 1 is 1.35 bits per heavy atom. The van der Waals surface area contributed by atoms with Crippen molar-refractivity contribution in [2.45, 2.75) is 20.3 Å². The first kappa shape index (κ1) is 15.7. The van der Waals surface area contributed by atoms with Gasteiger partial charge in [-0.1, -0.05) is 0 Å². The van der Waals surface area contributed by atoms with Crippen molar-refractivity contribution in [2.24, 2.45) is 0 Å². The quantitative estimate of drug-likeness (QED) is 0.425. The molecule has 0 saturated carbocycles. The van der Waals surface area contributed by atoms with Crippen LogP contribution in [0.2, 0.25) is 0 Å². The van der Waals surface area contributed by atoms with Crippen LogP contribution in [0, 0.1) is 10.1 Å². The number of aromatic nitrogens is 1. The summed E-state index contributed by atoms with van der Waals surface area (Å²) >= 11 is 0. The number of pyridine rings is 1. The van der Waals surface area contributed by atoms with Gasteiger partial charge >= 0.3 is 5.97 Å². The van der Waals surface area contributed by atoms with Crippen molar-refractivity contribution < 1.29 is 14.5 Å². The predicted molar refractivity (Wildman–Crippen MR) is 74.8 cm³/mol. The van der Waals surface area contributed by atoms with Gasteiger partial charge in [-0.2, -0.15) is 0 Å². The van der Waals surface area contributed by atoms with Crippen LogP contribution in [0.15, 0.2) is 12.1 Å². The number of rotatable bonds is 8. The molecule has 8 nitrogen and oxygen atoms in total. The second kappa shape index (κ2) is 7.93. The van der Waals surface area contributed by atoms with Gasteiger partial charge in [-0.25, -0.2) is 4.98 Å². The van der Waals surface area contributed by atoms with Crippen LogP contribution < -0.4 is 10.6 Å². The molecule has 0 bridgehead atoms. The molecule has 0 aromatic carbocycles. The molecule has 1 aromatic heterocycles. The predicted octanol–water partition coefficient (Wildman–Crippen LogP) is 1.79. The monoisotopic (exact) mass is 282 g/mol. The molecule has 1 heterocycles. The zero-order chi connectivity index (χ0) is 15.0. The van der Waals surface area contributed by atoms with Crippen LogP contribution >= 0.6 is 0 Å². The molecule has 0 unspecified atom stereocenters. The normalized spacial score (nSPS) is 9.90. The van der Waals surface area contributed by atoms with Gasteiger partial charge in [0, 0.05) is 13.1 Å². The Labute approximate surface area is 116 Å². The average molecular weight is 282 g/mol. The third-order valence-corrected chi connectivity index (χ3v) is 2.32. The Balaban J connectivity index is 2.68. The summed E-state index contributed by atoms with van der Waals surface area (Å²) in [5.74, 6) is 0.442. The highest BCUT2D eigenvalue weighted by Crippen LogP contribution is 2.20. The van der Waals surface area contributed by atoms with E-state index in [4.69, 9.17) is 4.74 Å². The molecule has 0 fully saturated rings. The van der Waals surface area contributed by atoms with Gasteiger partial charge in [0.05, 0.1) is 30.1 Å². The molecule has 8 heteroatoms. The van der Waals surface area contributed by atoms with Crippen molar-refractivity contribution in [1.29, 1.82) is 0 Å². The van der Waals surface area contributed by atoms with Crippen LogP contribution in [0.1, 0.15) is 20.3 Å². The molecule has 0 aliphatic rings. The molecule has 110 valence electrons. The second-order valence-electron chi connectivity index (χ2n) is 3.87. The zero-order valence-electron chi connectivity index (χ0n) is 11.5. The van der Waals surface area contributed by atoms with Crippen LogP contribution in [0.3, 0.4) is 0 Å². The maximum absolute atomic E-state index is 11.2. The molecule has 0 spiro atoms. The minimum absolute atomic E-state index is 0.0606. The van der Waals surface area contributed by atoms with Gasteiger partial charge < -0.3 is 15.4 Å². The lowest BCUT2D eigenvalue weighted by molar-refractivity contribution is -0.384. The molecule has 0 amide bonds. The summed E-state index contributed by atoms with van der Waals surface area (Å²) in [4.78, 5) is 25.7. The van der Waals surface area contributed by atoms with Gasteiger partial charge in [-0.15, -0.1) is 0 Å². The van der Waals surface area contributed by atoms with Crippen molar-refractivity contribution in [1.82, 2.24) is 4.98 Å². The van der Waals surface area contributed by atoms with E-state index in [1.54, 1.807) is 6.92 Å². The number of carbonyl (C=O) groups excluding carboxylic acids is 1. The van der Waals surface area contributed by atoms with E-state index in [9.17, 15) is 14.9 Å². The number of nitro groups is 1. The Bertz CT molecular complexity index is 479. The Kier molecular flexibility index (Phi) is 6.21. The molecular formula is C12H18N4O4. The summed E-state index contributed by atoms with van der Waals surface area (Å²) in [6, 6.07) is 2.69. The van der Waals surface area contributed by atoms with E-state index in [0.29, 0.717) is 31.3 Å². The lowest BCUT2D eigenvalue weighted by Gasteiger charge is -2.08. The number of hydrogen-bond donors (Lipinski definition) is 2. The summed E-state index contributed by atoms with van der Waals surface area (Å²) in [7, 11) is 0. The first-order chi connectivity index (χ1) is 9.56. The van der Waals surface area contributed by atoms with Gasteiger partial charge in [0.15, 0.2) is 0 Å². The van der Waals surface area contributed by atoms with Gasteiger partial charge in [0.25, 0.3) is 5.69 Å². The molecule has 20 heavy (non-hydrogen) atoms. The molecule has 0 atom stereocenters. The standard InChI is InChI=1S/C12H18N4O4/c1-3-13-10-7-9(16(18)19)8-11(15-10)14-6-5-12(17)20-4-2/h7-8H,3-6H2,1-2H3,(H2,13,14,15). The Morgan fingerprint density at radius 2 is 2.00 bits per heavy atom. The van der Waals surface area contributed by atoms with E-state index in [-0.39, 0.29) is 18.1 Å². The average Bonchev–Trinajstić information content (AvgIpc) is 2.39. The van der Waals surface area contributed by atoms with Crippen molar-refractivity contribution >= 4 is 23.3 Å². The van der Waals surface area contributed by atoms with Crippen LogP contribution in [-0.2, 0) is 9.53 Å². The number of nitrogens with zero attached hydrogens (tertiary/aromatic N) is 2. The molecule has 0 aliphatic carbocycles. The molecular weight excluding hydrogens is 264 g/mol. The van der Waals surface area contributed by atoms with E-state index in [1.165, 1.54) is 12.1 Å². The lowest BCUT2D eigenvalue weighted by Crippen LogP contribution is -2.12. The van der Waals surface area contributed by atoms with E-state index >= 15 is 0 Å². The Morgan fingerprint density at radius 3 is 2.55 bits per heavy atom. The van der Waals surface area contributed by atoms with Crippen LogP contribution in [0.25, 0.3) is 0 Å². The van der Waals surface area contributed by atoms with Gasteiger partial charge in [-0.3, -0.25) is 14.9 Å². The van der Waals surface area contributed by atoms with Gasteiger partial charge in [0.1, 0.15) is 11.6 Å². The Hall–Kier alpha value is -2.38. The highest BCUT2D eigenvalue weighted by atomic mass is 16.6. The summed E-state index contributed by atoms with van der Waals surface area (Å²) in [6.45, 7) is 4.85. The van der Waals surface area contributed by atoms with Crippen molar-refractivity contribution in [3.8, 4) is 0 Å². The molecule has 1 aromatic rings. The maximum atomic E-state index is 11.2. The highest BCUT2D eigenvalue weighted by molar-refractivity contribution is 5.70. The van der Waals surface area contributed by atoms with Crippen LogP contribution in [-0.4, -0.2) is 35.6 Å². The van der Waals surface area contributed by atoms with E-state index in [0.717, 1.165) is 0 Å². The summed E-state index contributed by atoms with van der Waals surface area (Å²) in [5, 5.41) is 16.6. The molecule has 2 N–H and O–H groups in total. The highest BCUT2D eigenvalue weighted by Gasteiger charge is 2.11. The summed E-state index contributed by atoms with van der Waals surface area (Å²) < 4.78 is 4.78. The smallest absolute Gasteiger partial charge is 0.307 e. The number of anilines is 2. The first-order valence-electron chi connectivity index (χ1n) is 6.36. The number of hydrogen-bond acceptors (Lipinski definition) is 7. The second-order valence-corrected chi connectivity index (χ2v) is 3.87. The molecule has 1 rings (SSSR count). The lowest BCUT2D eigenvalue weighted by atomic mass is 10.3. The minimum atomic E-state index is -0.487. The zero-order valence-corrected chi connectivity index (χ0v) is 11.5. The summed E-state index contributed by atoms with van der Waals surface area (Å²) in [6.07, 6.45) is 0.175. The molecule has 0 radical (unpaired) electrons. The molecule has 0 saturated heterocycles. The van der Waals surface area contributed by atoms with Crippen molar-refractivity contribution in [3.05, 3.63) is 22.2 Å². The third-order valence-electron chi connectivity index (χ3n) is 2.32. The van der Waals surface area contributed by atoms with Crippen LogP contribution in [0.5, 0.6) is 0 Å². The largest absolute Gasteiger partial charge is 0.466 e. The van der Waals surface area contributed by atoms with Crippen molar-refractivity contribution in [2.75, 3.05) is 30.3 Å². The fourth-order valence-electron chi connectivity index (χ4n) is 1.51. The van der Waals surface area contributed by atoms with Gasteiger partial charge in [0.2, 0.25) is 0 Å². The minimum Gasteiger partial charge on any atom is -0.466 e. The topological polar surface area (TPSA) is 106 Å². The summed E-state index contributed by atoms with van der Waals surface area (Å²) in [5.41, 5.74) is -0.0606. The number of ether oxygens (including phenoxy) is 1. The number of carbonyl (C=O) groups is 1. The van der Waals surface area contributed by atoms with E-state index < -0.39 is 4.92 Å². The number of nitrogens with one attached hydrogen (secondary N) is 2. The SMILES string of the molecule is CCNc1cc([N+](=O)[O-])cc(NCCC(=O)OCC)n1. The molecule has 0 aliphatic heterocycles. The fourth-order valence-corrected chi connectivity index (χ4v) is 1.51. The number of esters is 1. The van der Waals surface area contributed by atoms with E-state index in [1.807, 2.05) is 6.92 Å². The fraction of sp³-hybridized carbons (Fsp3) is 0.500. The van der Waals surface area contributed by atoms with Crippen molar-refractivity contribution in [3.63, 3.8) is 0 Å². The first-order valence-corrected chi connectivity index (χ1v) is 6.36. The maximum Gasteiger partial charge on any atom is 0.307 e. The van der Waals surface area contributed by atoms with E-state index in [2.05, 4.69) is 15.6 Å².